The summed E-state index contributed by atoms with van der Waals surface area (Å²) in [4.78, 5) is 47.8. The van der Waals surface area contributed by atoms with Gasteiger partial charge >= 0.3 is 5.97 Å². The van der Waals surface area contributed by atoms with Crippen LogP contribution in [0.1, 0.15) is 33.6 Å². The van der Waals surface area contributed by atoms with Crippen molar-refractivity contribution in [2.45, 2.75) is 12.8 Å². The molecule has 3 rings (SSSR count). The summed E-state index contributed by atoms with van der Waals surface area (Å²) in [6.07, 6.45) is 4.09. The number of ether oxygens (including phenoxy) is 1. The van der Waals surface area contributed by atoms with E-state index in [4.69, 9.17) is 4.74 Å². The van der Waals surface area contributed by atoms with E-state index in [0.29, 0.717) is 17.7 Å². The normalized spacial score (nSPS) is 17.7. The van der Waals surface area contributed by atoms with Gasteiger partial charge in [0.25, 0.3) is 0 Å². The highest BCUT2D eigenvalue weighted by Gasteiger charge is 2.29. The summed E-state index contributed by atoms with van der Waals surface area (Å²) >= 11 is 0. The fourth-order valence-electron chi connectivity index (χ4n) is 3.21. The van der Waals surface area contributed by atoms with Gasteiger partial charge in [-0.2, -0.15) is 0 Å². The monoisotopic (exact) mass is 406 g/mol. The molecule has 0 spiro atoms. The number of Topliss-reactive ketones (excluding diaryl/α,β-unsaturated/α-hetero) is 1. The Hall–Kier alpha value is -3.74. The minimum atomic E-state index is -1.25. The molecule has 0 heterocycles. The van der Waals surface area contributed by atoms with Gasteiger partial charge in [0.05, 0.1) is 11.5 Å². The van der Waals surface area contributed by atoms with Crippen LogP contribution in [-0.4, -0.2) is 30.2 Å². The molecule has 0 radical (unpaired) electrons. The molecule has 0 aliphatic heterocycles. The molecule has 7 nitrogen and oxygen atoms in total. The zero-order chi connectivity index (χ0) is 21.5. The van der Waals surface area contributed by atoms with E-state index < -0.39 is 29.7 Å². The minimum Gasteiger partial charge on any atom is -0.550 e. The summed E-state index contributed by atoms with van der Waals surface area (Å²) in [6.45, 7) is -0.374. The van der Waals surface area contributed by atoms with Crippen LogP contribution < -0.4 is 10.4 Å². The number of carbonyl (C=O) groups excluding carboxylic acids is 4. The molecule has 0 saturated heterocycles. The standard InChI is InChI=1S/C23H21NO6/c25-20(15-6-2-1-3-7-15)14-30-23(29)16-10-12-17(13-11-16)24-21(26)18-8-4-5-9-19(18)22(27)28/h1-7,10-13,18-19H,8-9,14H2,(H,24,26)(H,27,28)/p-1/t18-,19+/m0/s1. The predicted molar refractivity (Wildman–Crippen MR) is 106 cm³/mol. The first-order chi connectivity index (χ1) is 14.5. The van der Waals surface area contributed by atoms with E-state index in [9.17, 15) is 24.3 Å². The van der Waals surface area contributed by atoms with Crippen molar-refractivity contribution in [1.82, 2.24) is 0 Å². The number of amides is 1. The van der Waals surface area contributed by atoms with E-state index in [2.05, 4.69) is 5.32 Å². The molecular formula is C23H20NO6-. The van der Waals surface area contributed by atoms with Crippen molar-refractivity contribution in [3.8, 4) is 0 Å². The number of aliphatic carboxylic acids is 1. The second-order valence-electron chi connectivity index (χ2n) is 6.91. The van der Waals surface area contributed by atoms with Crippen LogP contribution in [0.15, 0.2) is 66.7 Å². The maximum Gasteiger partial charge on any atom is 0.338 e. The van der Waals surface area contributed by atoms with Gasteiger partial charge < -0.3 is 20.0 Å². The highest BCUT2D eigenvalue weighted by molar-refractivity contribution is 5.99. The molecule has 1 aliphatic carbocycles. The summed E-state index contributed by atoms with van der Waals surface area (Å²) < 4.78 is 5.05. The van der Waals surface area contributed by atoms with E-state index in [0.717, 1.165) is 0 Å². The Bertz CT molecular complexity index is 965. The molecule has 0 aromatic heterocycles. The average Bonchev–Trinajstić information content (AvgIpc) is 2.78. The number of esters is 1. The molecule has 1 N–H and O–H groups in total. The summed E-state index contributed by atoms with van der Waals surface area (Å²) in [5.41, 5.74) is 1.10. The summed E-state index contributed by atoms with van der Waals surface area (Å²) in [5, 5.41) is 13.9. The highest BCUT2D eigenvalue weighted by Crippen LogP contribution is 2.26. The van der Waals surface area contributed by atoms with Crippen molar-refractivity contribution in [3.05, 3.63) is 77.9 Å². The third kappa shape index (κ3) is 5.20. The third-order valence-corrected chi connectivity index (χ3v) is 4.89. The second-order valence-corrected chi connectivity index (χ2v) is 6.91. The predicted octanol–water partition coefficient (Wildman–Crippen LogP) is 2.00. The second kappa shape index (κ2) is 9.65. The van der Waals surface area contributed by atoms with Crippen molar-refractivity contribution in [1.29, 1.82) is 0 Å². The molecule has 2 aromatic rings. The van der Waals surface area contributed by atoms with Gasteiger partial charge in [0, 0.05) is 23.1 Å². The topological polar surface area (TPSA) is 113 Å². The Morgan fingerprint density at radius 3 is 2.13 bits per heavy atom. The lowest BCUT2D eigenvalue weighted by molar-refractivity contribution is -0.313. The van der Waals surface area contributed by atoms with Crippen LogP contribution in [0.2, 0.25) is 0 Å². The molecule has 30 heavy (non-hydrogen) atoms. The first-order valence-electron chi connectivity index (χ1n) is 9.48. The van der Waals surface area contributed by atoms with Gasteiger partial charge in [0.1, 0.15) is 0 Å². The zero-order valence-corrected chi connectivity index (χ0v) is 16.1. The Morgan fingerprint density at radius 2 is 1.50 bits per heavy atom. The lowest BCUT2D eigenvalue weighted by Crippen LogP contribution is -2.41. The molecule has 0 saturated carbocycles. The zero-order valence-electron chi connectivity index (χ0n) is 16.1. The average molecular weight is 406 g/mol. The van der Waals surface area contributed by atoms with Crippen molar-refractivity contribution in [2.24, 2.45) is 11.8 Å². The highest BCUT2D eigenvalue weighted by atomic mass is 16.5. The SMILES string of the molecule is O=C(COC(=O)c1ccc(NC(=O)[C@H]2CC=CC[C@H]2C(=O)[O-])cc1)c1ccccc1. The lowest BCUT2D eigenvalue weighted by Gasteiger charge is -2.28. The van der Waals surface area contributed by atoms with E-state index in [1.54, 1.807) is 42.5 Å². The fourth-order valence-corrected chi connectivity index (χ4v) is 3.21. The van der Waals surface area contributed by atoms with Crippen LogP contribution in [0, 0.1) is 11.8 Å². The van der Waals surface area contributed by atoms with Crippen molar-refractivity contribution in [2.75, 3.05) is 11.9 Å². The summed E-state index contributed by atoms with van der Waals surface area (Å²) in [6, 6.07) is 14.5. The molecule has 1 amide bonds. The molecule has 2 aromatic carbocycles. The van der Waals surface area contributed by atoms with Crippen LogP contribution in [0.3, 0.4) is 0 Å². The Labute approximate surface area is 173 Å². The van der Waals surface area contributed by atoms with Crippen molar-refractivity contribution < 1.29 is 29.0 Å². The maximum atomic E-state index is 12.4. The summed E-state index contributed by atoms with van der Waals surface area (Å²) in [7, 11) is 0. The number of anilines is 1. The number of benzene rings is 2. The maximum absolute atomic E-state index is 12.4. The third-order valence-electron chi connectivity index (χ3n) is 4.89. The van der Waals surface area contributed by atoms with Crippen LogP contribution >= 0.6 is 0 Å². The molecule has 0 unspecified atom stereocenters. The Morgan fingerprint density at radius 1 is 0.867 bits per heavy atom. The quantitative estimate of drug-likeness (QED) is 0.428. The number of nitrogens with one attached hydrogen (secondary N) is 1. The van der Waals surface area contributed by atoms with Gasteiger partial charge in [-0.05, 0) is 37.1 Å². The Kier molecular flexibility index (Phi) is 6.75. The van der Waals surface area contributed by atoms with E-state index in [1.807, 2.05) is 0 Å². The number of hydrogen-bond donors (Lipinski definition) is 1. The van der Waals surface area contributed by atoms with Crippen LogP contribution in [0.25, 0.3) is 0 Å². The van der Waals surface area contributed by atoms with Crippen LogP contribution in [0.5, 0.6) is 0 Å². The first kappa shape index (κ1) is 21.0. The van der Waals surface area contributed by atoms with Gasteiger partial charge in [-0.15, -0.1) is 0 Å². The van der Waals surface area contributed by atoms with Gasteiger partial charge in [-0.1, -0.05) is 42.5 Å². The fraction of sp³-hybridized carbons (Fsp3) is 0.217. The number of carboxylic acids is 1. The lowest BCUT2D eigenvalue weighted by atomic mass is 9.82. The van der Waals surface area contributed by atoms with Gasteiger partial charge in [0.15, 0.2) is 12.4 Å². The molecule has 1 aliphatic rings. The smallest absolute Gasteiger partial charge is 0.338 e. The van der Waals surface area contributed by atoms with Crippen molar-refractivity contribution >= 4 is 29.3 Å². The van der Waals surface area contributed by atoms with Crippen LogP contribution in [-0.2, 0) is 14.3 Å². The van der Waals surface area contributed by atoms with E-state index >= 15 is 0 Å². The van der Waals surface area contributed by atoms with Gasteiger partial charge in [-0.25, -0.2) is 4.79 Å². The van der Waals surface area contributed by atoms with Gasteiger partial charge in [0.2, 0.25) is 5.91 Å². The molecule has 154 valence electrons. The van der Waals surface area contributed by atoms with E-state index in [1.165, 1.54) is 24.3 Å². The molecule has 0 fully saturated rings. The number of carbonyl (C=O) groups is 4. The molecule has 0 bridgehead atoms. The largest absolute Gasteiger partial charge is 0.550 e. The number of ketones is 1. The van der Waals surface area contributed by atoms with Crippen molar-refractivity contribution in [3.63, 3.8) is 0 Å². The van der Waals surface area contributed by atoms with Gasteiger partial charge in [-0.3, -0.25) is 9.59 Å². The summed E-state index contributed by atoms with van der Waals surface area (Å²) in [5.74, 6) is -4.22. The minimum absolute atomic E-state index is 0.224. The molecular weight excluding hydrogens is 386 g/mol. The van der Waals surface area contributed by atoms with E-state index in [-0.39, 0.29) is 24.4 Å². The molecule has 7 heteroatoms. The number of allylic oxidation sites excluding steroid dienone is 2. The number of carboxylic acid groups (broad SMARTS) is 1. The van der Waals surface area contributed by atoms with Crippen LogP contribution in [0.4, 0.5) is 5.69 Å². The molecule has 2 atom stereocenters. The first-order valence-corrected chi connectivity index (χ1v) is 9.48. The Balaban J connectivity index is 1.56. The number of hydrogen-bond acceptors (Lipinski definition) is 6. The number of rotatable bonds is 7.